The third-order valence-electron chi connectivity index (χ3n) is 5.48. The van der Waals surface area contributed by atoms with Gasteiger partial charge in [0.05, 0.1) is 5.56 Å². The van der Waals surface area contributed by atoms with Crippen molar-refractivity contribution in [3.63, 3.8) is 0 Å². The van der Waals surface area contributed by atoms with Crippen LogP contribution in [-0.2, 0) is 4.79 Å². The van der Waals surface area contributed by atoms with Crippen LogP contribution >= 0.6 is 0 Å². The summed E-state index contributed by atoms with van der Waals surface area (Å²) in [5.74, 6) is -2.63. The summed E-state index contributed by atoms with van der Waals surface area (Å²) in [5.41, 5.74) is 2.56. The van der Waals surface area contributed by atoms with E-state index in [1.807, 2.05) is 19.1 Å². The minimum absolute atomic E-state index is 0.0364. The third kappa shape index (κ3) is 6.01. The molecular formula is C23H28F2N4O2. The van der Waals surface area contributed by atoms with E-state index in [1.165, 1.54) is 0 Å². The number of carbonyl (C=O) groups is 2. The smallest absolute Gasteiger partial charge is 0.254 e. The number of hydrogen-bond acceptors (Lipinski definition) is 4. The lowest BCUT2D eigenvalue weighted by Gasteiger charge is -2.35. The van der Waals surface area contributed by atoms with E-state index in [-0.39, 0.29) is 24.4 Å². The van der Waals surface area contributed by atoms with Gasteiger partial charge in [0.1, 0.15) is 11.6 Å². The zero-order chi connectivity index (χ0) is 22.4. The van der Waals surface area contributed by atoms with E-state index < -0.39 is 17.5 Å². The summed E-state index contributed by atoms with van der Waals surface area (Å²) in [6.07, 6.45) is 0.0364. The van der Waals surface area contributed by atoms with Crippen LogP contribution in [-0.4, -0.2) is 56.0 Å². The fourth-order valence-corrected chi connectivity index (χ4v) is 3.58. The van der Waals surface area contributed by atoms with Gasteiger partial charge < -0.3 is 20.4 Å². The van der Waals surface area contributed by atoms with Crippen molar-refractivity contribution in [1.29, 1.82) is 0 Å². The van der Waals surface area contributed by atoms with Gasteiger partial charge in [-0.15, -0.1) is 0 Å². The number of aryl methyl sites for hydroxylation is 1. The van der Waals surface area contributed by atoms with E-state index in [4.69, 9.17) is 0 Å². The predicted molar refractivity (Wildman–Crippen MR) is 117 cm³/mol. The molecule has 2 N–H and O–H groups in total. The van der Waals surface area contributed by atoms with Gasteiger partial charge in [-0.3, -0.25) is 9.59 Å². The molecule has 1 saturated heterocycles. The minimum Gasteiger partial charge on any atom is -0.369 e. The van der Waals surface area contributed by atoms with Crippen LogP contribution in [0.15, 0.2) is 36.4 Å². The van der Waals surface area contributed by atoms with Gasteiger partial charge in [-0.25, -0.2) is 8.78 Å². The van der Waals surface area contributed by atoms with Crippen molar-refractivity contribution < 1.29 is 18.4 Å². The van der Waals surface area contributed by atoms with Crippen molar-refractivity contribution in [2.75, 3.05) is 49.5 Å². The zero-order valence-electron chi connectivity index (χ0n) is 17.9. The van der Waals surface area contributed by atoms with Crippen LogP contribution in [0.4, 0.5) is 20.2 Å². The largest absolute Gasteiger partial charge is 0.369 e. The highest BCUT2D eigenvalue weighted by Gasteiger charge is 2.17. The third-order valence-corrected chi connectivity index (χ3v) is 5.48. The first-order chi connectivity index (χ1) is 14.9. The minimum atomic E-state index is -0.936. The van der Waals surface area contributed by atoms with Gasteiger partial charge in [-0.05, 0) is 49.4 Å². The number of carbonyl (C=O) groups excluding carboxylic acids is 2. The summed E-state index contributed by atoms with van der Waals surface area (Å²) in [6, 6.07) is 8.70. The van der Waals surface area contributed by atoms with E-state index in [9.17, 15) is 18.4 Å². The van der Waals surface area contributed by atoms with Crippen molar-refractivity contribution in [2.24, 2.45) is 0 Å². The Labute approximate surface area is 181 Å². The van der Waals surface area contributed by atoms with Crippen LogP contribution in [0, 0.1) is 18.6 Å². The molecule has 8 heteroatoms. The monoisotopic (exact) mass is 430 g/mol. The van der Waals surface area contributed by atoms with Gasteiger partial charge in [-0.2, -0.15) is 0 Å². The Morgan fingerprint density at radius 3 is 2.42 bits per heavy atom. The van der Waals surface area contributed by atoms with Crippen LogP contribution in [0.2, 0.25) is 0 Å². The summed E-state index contributed by atoms with van der Waals surface area (Å²) in [6.45, 7) is 9.27. The van der Waals surface area contributed by atoms with Crippen molar-refractivity contribution in [1.82, 2.24) is 10.2 Å². The Hall–Kier alpha value is -3.00. The Bertz CT molecular complexity index is 943. The number of nitrogens with one attached hydrogen (secondary N) is 2. The maximum atomic E-state index is 13.6. The number of likely N-dealkylation sites (N-methyl/N-ethyl adjacent to an activating group) is 1. The molecule has 1 aliphatic heterocycles. The molecule has 0 aromatic heterocycles. The maximum Gasteiger partial charge on any atom is 0.254 e. The van der Waals surface area contributed by atoms with E-state index >= 15 is 0 Å². The number of halogens is 2. The quantitative estimate of drug-likeness (QED) is 0.708. The number of benzene rings is 2. The molecule has 166 valence electrons. The normalized spacial score (nSPS) is 14.4. The number of piperazine rings is 1. The Kier molecular flexibility index (Phi) is 7.57. The lowest BCUT2D eigenvalue weighted by atomic mass is 10.1. The molecule has 6 nitrogen and oxygen atoms in total. The maximum absolute atomic E-state index is 13.6. The Balaban J connectivity index is 1.48. The average Bonchev–Trinajstić information content (AvgIpc) is 2.75. The molecule has 2 aromatic rings. The molecule has 1 heterocycles. The summed E-state index contributed by atoms with van der Waals surface area (Å²) in [4.78, 5) is 29.0. The van der Waals surface area contributed by atoms with E-state index in [0.717, 1.165) is 61.8 Å². The molecule has 31 heavy (non-hydrogen) atoms. The highest BCUT2D eigenvalue weighted by atomic mass is 19.1. The first kappa shape index (κ1) is 22.7. The Morgan fingerprint density at radius 2 is 1.77 bits per heavy atom. The van der Waals surface area contributed by atoms with Crippen molar-refractivity contribution in [3.8, 4) is 0 Å². The number of anilines is 2. The highest BCUT2D eigenvalue weighted by Crippen LogP contribution is 2.24. The van der Waals surface area contributed by atoms with Gasteiger partial charge >= 0.3 is 0 Å². The predicted octanol–water partition coefficient (Wildman–Crippen LogP) is 3.17. The highest BCUT2D eigenvalue weighted by molar-refractivity contribution is 5.95. The van der Waals surface area contributed by atoms with Crippen molar-refractivity contribution >= 4 is 23.2 Å². The van der Waals surface area contributed by atoms with Gasteiger partial charge in [0.25, 0.3) is 5.91 Å². The first-order valence-electron chi connectivity index (χ1n) is 10.5. The van der Waals surface area contributed by atoms with Gasteiger partial charge in [0.2, 0.25) is 5.91 Å². The molecule has 0 bridgehead atoms. The van der Waals surface area contributed by atoms with Gasteiger partial charge in [0.15, 0.2) is 0 Å². The molecule has 2 amide bonds. The van der Waals surface area contributed by atoms with E-state index in [0.29, 0.717) is 6.07 Å². The number of hydrogen-bond donors (Lipinski definition) is 2. The average molecular weight is 430 g/mol. The molecule has 1 fully saturated rings. The van der Waals surface area contributed by atoms with Gasteiger partial charge in [0, 0.05) is 56.6 Å². The van der Waals surface area contributed by atoms with Crippen LogP contribution < -0.4 is 15.5 Å². The summed E-state index contributed by atoms with van der Waals surface area (Å²) in [7, 11) is 0. The molecule has 0 aliphatic carbocycles. The fraction of sp³-hybridized carbons (Fsp3) is 0.391. The standard InChI is InChI=1S/C23H28F2N4O2/c1-3-28-10-12-29(13-11-28)18-5-7-21(16(2)14-18)27-22(30)8-9-26-23(31)19-6-4-17(24)15-20(19)25/h4-7,14-15H,3,8-13H2,1-2H3,(H,26,31)(H,27,30). The second-order valence-corrected chi connectivity index (χ2v) is 7.60. The topological polar surface area (TPSA) is 64.7 Å². The molecular weight excluding hydrogens is 402 g/mol. The second kappa shape index (κ2) is 10.3. The number of nitrogens with zero attached hydrogens (tertiary/aromatic N) is 2. The molecule has 0 saturated carbocycles. The molecule has 0 radical (unpaired) electrons. The lowest BCUT2D eigenvalue weighted by Crippen LogP contribution is -2.46. The summed E-state index contributed by atoms with van der Waals surface area (Å²) >= 11 is 0. The number of amides is 2. The van der Waals surface area contributed by atoms with Crippen molar-refractivity contribution in [2.45, 2.75) is 20.3 Å². The molecule has 0 atom stereocenters. The number of rotatable bonds is 7. The molecule has 2 aromatic carbocycles. The summed E-state index contributed by atoms with van der Waals surface area (Å²) in [5, 5.41) is 5.33. The molecule has 3 rings (SSSR count). The van der Waals surface area contributed by atoms with Crippen LogP contribution in [0.3, 0.4) is 0 Å². The molecule has 0 spiro atoms. The lowest BCUT2D eigenvalue weighted by molar-refractivity contribution is -0.116. The zero-order valence-corrected chi connectivity index (χ0v) is 17.9. The fourth-order valence-electron chi connectivity index (χ4n) is 3.58. The Morgan fingerprint density at radius 1 is 1.03 bits per heavy atom. The van der Waals surface area contributed by atoms with Crippen LogP contribution in [0.5, 0.6) is 0 Å². The van der Waals surface area contributed by atoms with Crippen LogP contribution in [0.1, 0.15) is 29.3 Å². The molecule has 1 aliphatic rings. The van der Waals surface area contributed by atoms with Crippen LogP contribution in [0.25, 0.3) is 0 Å². The van der Waals surface area contributed by atoms with E-state index in [1.54, 1.807) is 0 Å². The first-order valence-corrected chi connectivity index (χ1v) is 10.5. The molecule has 0 unspecified atom stereocenters. The van der Waals surface area contributed by atoms with Gasteiger partial charge in [-0.1, -0.05) is 6.92 Å². The SMILES string of the molecule is CCN1CCN(c2ccc(NC(=O)CCNC(=O)c3ccc(F)cc3F)c(C)c2)CC1. The van der Waals surface area contributed by atoms with Crippen molar-refractivity contribution in [3.05, 3.63) is 59.2 Å². The summed E-state index contributed by atoms with van der Waals surface area (Å²) < 4.78 is 26.6. The second-order valence-electron chi connectivity index (χ2n) is 7.60. The van der Waals surface area contributed by atoms with E-state index in [2.05, 4.69) is 33.4 Å².